The second-order valence-electron chi connectivity index (χ2n) is 6.21. The van der Waals surface area contributed by atoms with Crippen molar-refractivity contribution in [2.75, 3.05) is 6.61 Å². The van der Waals surface area contributed by atoms with Gasteiger partial charge in [-0.3, -0.25) is 9.59 Å². The van der Waals surface area contributed by atoms with E-state index >= 15 is 0 Å². The van der Waals surface area contributed by atoms with E-state index in [0.717, 1.165) is 6.42 Å². The first kappa shape index (κ1) is 12.2. The van der Waals surface area contributed by atoms with Gasteiger partial charge in [0.2, 0.25) is 5.91 Å². The van der Waals surface area contributed by atoms with Crippen LogP contribution in [0.4, 0.5) is 0 Å². The molecule has 0 aromatic rings. The number of hydrogen-bond acceptors (Lipinski definition) is 3. The summed E-state index contributed by atoms with van der Waals surface area (Å²) in [5.41, 5.74) is -0.446. The molecule has 0 radical (unpaired) electrons. The molecule has 3 atom stereocenters. The summed E-state index contributed by atoms with van der Waals surface area (Å²) in [6, 6.07) is 0.188. The van der Waals surface area contributed by atoms with Crippen molar-refractivity contribution in [3.05, 3.63) is 0 Å². The summed E-state index contributed by atoms with van der Waals surface area (Å²) in [7, 11) is 0. The molecule has 18 heavy (non-hydrogen) atoms. The molecule has 3 fully saturated rings. The maximum atomic E-state index is 12.3. The van der Waals surface area contributed by atoms with Crippen LogP contribution in [0.1, 0.15) is 46.0 Å². The summed E-state index contributed by atoms with van der Waals surface area (Å²) in [5.74, 6) is 1.18. The van der Waals surface area contributed by atoms with E-state index in [1.54, 1.807) is 0 Å². The van der Waals surface area contributed by atoms with Gasteiger partial charge < -0.3 is 9.64 Å². The Morgan fingerprint density at radius 3 is 2.83 bits per heavy atom. The van der Waals surface area contributed by atoms with E-state index in [1.807, 2.05) is 4.90 Å². The molecule has 2 aliphatic heterocycles. The van der Waals surface area contributed by atoms with Crippen LogP contribution >= 0.6 is 0 Å². The number of rotatable bonds is 1. The molecule has 2 saturated heterocycles. The average Bonchev–Trinajstić information content (AvgIpc) is 2.71. The lowest BCUT2D eigenvalue weighted by Gasteiger charge is -2.50. The van der Waals surface area contributed by atoms with Crippen LogP contribution in [0.2, 0.25) is 0 Å². The summed E-state index contributed by atoms with van der Waals surface area (Å²) in [6.45, 7) is 4.91. The Hall–Kier alpha value is -0.900. The number of piperidine rings is 1. The molecular weight excluding hydrogens is 230 g/mol. The maximum Gasteiger partial charge on any atom is 0.225 e. The van der Waals surface area contributed by atoms with Gasteiger partial charge >= 0.3 is 0 Å². The highest BCUT2D eigenvalue weighted by atomic mass is 16.5. The quantitative estimate of drug-likeness (QED) is 0.713. The van der Waals surface area contributed by atoms with Gasteiger partial charge in [-0.1, -0.05) is 13.8 Å². The van der Waals surface area contributed by atoms with E-state index in [0.29, 0.717) is 44.0 Å². The Kier molecular flexibility index (Phi) is 2.73. The van der Waals surface area contributed by atoms with Gasteiger partial charge in [0.05, 0.1) is 12.6 Å². The molecule has 1 amide bonds. The largest absolute Gasteiger partial charge is 0.353 e. The monoisotopic (exact) mass is 251 g/mol. The highest BCUT2D eigenvalue weighted by Crippen LogP contribution is 2.49. The third-order valence-electron chi connectivity index (χ3n) is 4.86. The van der Waals surface area contributed by atoms with Crippen molar-refractivity contribution < 1.29 is 14.3 Å². The summed E-state index contributed by atoms with van der Waals surface area (Å²) >= 11 is 0. The van der Waals surface area contributed by atoms with Crippen LogP contribution in [-0.4, -0.2) is 35.0 Å². The van der Waals surface area contributed by atoms with E-state index in [1.165, 1.54) is 0 Å². The second kappa shape index (κ2) is 4.05. The standard InChI is InChI=1S/C14H21NO3/c1-9(2)12-8-18-14-6-5-11(16)7-10(14)3-4-13(17)15(12)14/h9-10,12H,3-8H2,1-2H3/t10-,12-,14-/m1/s1. The van der Waals surface area contributed by atoms with Crippen LogP contribution in [0.15, 0.2) is 0 Å². The van der Waals surface area contributed by atoms with Crippen LogP contribution in [-0.2, 0) is 14.3 Å². The number of hydrogen-bond donors (Lipinski definition) is 0. The van der Waals surface area contributed by atoms with Gasteiger partial charge in [0.1, 0.15) is 11.5 Å². The minimum Gasteiger partial charge on any atom is -0.353 e. The van der Waals surface area contributed by atoms with Crippen molar-refractivity contribution in [3.63, 3.8) is 0 Å². The first-order valence-corrected chi connectivity index (χ1v) is 7.02. The smallest absolute Gasteiger partial charge is 0.225 e. The fraction of sp³-hybridized carbons (Fsp3) is 0.857. The zero-order valence-electron chi connectivity index (χ0n) is 11.1. The Balaban J connectivity index is 1.95. The highest BCUT2D eigenvalue weighted by molar-refractivity contribution is 5.83. The minimum atomic E-state index is -0.446. The Labute approximate surface area is 108 Å². The predicted octanol–water partition coefficient (Wildman–Crippen LogP) is 1.73. The van der Waals surface area contributed by atoms with E-state index in [2.05, 4.69) is 13.8 Å². The second-order valence-corrected chi connectivity index (χ2v) is 6.21. The maximum absolute atomic E-state index is 12.3. The number of Topliss-reactive ketones (excluding diaryl/α,β-unsaturated/α-hetero) is 1. The first-order chi connectivity index (χ1) is 8.54. The first-order valence-electron chi connectivity index (χ1n) is 7.02. The lowest BCUT2D eigenvalue weighted by molar-refractivity contribution is -0.187. The molecule has 2 heterocycles. The van der Waals surface area contributed by atoms with Crippen molar-refractivity contribution in [1.82, 2.24) is 4.90 Å². The van der Waals surface area contributed by atoms with Gasteiger partial charge in [-0.15, -0.1) is 0 Å². The van der Waals surface area contributed by atoms with Gasteiger partial charge in [0.25, 0.3) is 0 Å². The molecule has 0 aromatic carbocycles. The minimum absolute atomic E-state index is 0.188. The summed E-state index contributed by atoms with van der Waals surface area (Å²) in [6.07, 6.45) is 3.24. The fourth-order valence-corrected chi connectivity index (χ4v) is 3.85. The zero-order chi connectivity index (χ0) is 12.9. The van der Waals surface area contributed by atoms with Crippen molar-refractivity contribution in [2.45, 2.75) is 57.7 Å². The molecule has 1 saturated carbocycles. The van der Waals surface area contributed by atoms with Crippen LogP contribution in [0.3, 0.4) is 0 Å². The Morgan fingerprint density at radius 1 is 1.33 bits per heavy atom. The van der Waals surface area contributed by atoms with Gasteiger partial charge in [-0.25, -0.2) is 0 Å². The number of ketones is 1. The van der Waals surface area contributed by atoms with Crippen LogP contribution in [0.5, 0.6) is 0 Å². The molecule has 1 aliphatic carbocycles. The fourth-order valence-electron chi connectivity index (χ4n) is 3.85. The number of ether oxygens (including phenoxy) is 1. The molecule has 0 N–H and O–H groups in total. The van der Waals surface area contributed by atoms with Crippen molar-refractivity contribution in [1.29, 1.82) is 0 Å². The predicted molar refractivity (Wildman–Crippen MR) is 65.7 cm³/mol. The van der Waals surface area contributed by atoms with E-state index in [9.17, 15) is 9.59 Å². The van der Waals surface area contributed by atoms with Crippen molar-refractivity contribution in [2.24, 2.45) is 11.8 Å². The lowest BCUT2D eigenvalue weighted by Crippen LogP contribution is -2.61. The highest BCUT2D eigenvalue weighted by Gasteiger charge is 2.58. The lowest BCUT2D eigenvalue weighted by atomic mass is 9.74. The SMILES string of the molecule is CC(C)[C@H]1CO[C@]23CCC(=O)C[C@H]2CCC(=O)N13. The Bertz CT molecular complexity index is 393. The van der Waals surface area contributed by atoms with E-state index < -0.39 is 5.72 Å². The van der Waals surface area contributed by atoms with Gasteiger partial charge in [0.15, 0.2) is 0 Å². The molecule has 0 unspecified atom stereocenters. The molecular formula is C14H21NO3. The van der Waals surface area contributed by atoms with Crippen LogP contribution < -0.4 is 0 Å². The Morgan fingerprint density at radius 2 is 2.11 bits per heavy atom. The molecule has 3 aliphatic rings. The van der Waals surface area contributed by atoms with E-state index in [4.69, 9.17) is 4.74 Å². The average molecular weight is 251 g/mol. The normalized spacial score (nSPS) is 40.1. The van der Waals surface area contributed by atoms with Crippen LogP contribution in [0.25, 0.3) is 0 Å². The van der Waals surface area contributed by atoms with Crippen LogP contribution in [0, 0.1) is 11.8 Å². The number of carbonyl (C=O) groups is 2. The van der Waals surface area contributed by atoms with Gasteiger partial charge in [-0.2, -0.15) is 0 Å². The molecule has 3 rings (SSSR count). The molecule has 0 bridgehead atoms. The molecule has 100 valence electrons. The summed E-state index contributed by atoms with van der Waals surface area (Å²) in [5, 5.41) is 0. The number of amides is 1. The molecule has 4 nitrogen and oxygen atoms in total. The molecule has 4 heteroatoms. The number of carbonyl (C=O) groups excluding carboxylic acids is 2. The van der Waals surface area contributed by atoms with E-state index in [-0.39, 0.29) is 17.9 Å². The third kappa shape index (κ3) is 1.54. The topological polar surface area (TPSA) is 46.6 Å². The third-order valence-corrected chi connectivity index (χ3v) is 4.86. The molecule has 0 aromatic heterocycles. The zero-order valence-corrected chi connectivity index (χ0v) is 11.1. The summed E-state index contributed by atoms with van der Waals surface area (Å²) < 4.78 is 6.09. The van der Waals surface area contributed by atoms with Gasteiger partial charge in [-0.05, 0) is 12.3 Å². The number of nitrogens with zero attached hydrogens (tertiary/aromatic N) is 1. The van der Waals surface area contributed by atoms with Crippen molar-refractivity contribution >= 4 is 11.7 Å². The molecule has 1 spiro atoms. The van der Waals surface area contributed by atoms with Crippen molar-refractivity contribution in [3.8, 4) is 0 Å². The van der Waals surface area contributed by atoms with Gasteiger partial charge in [0, 0.05) is 31.6 Å². The summed E-state index contributed by atoms with van der Waals surface area (Å²) in [4.78, 5) is 25.9.